The average Bonchev–Trinajstić information content (AvgIpc) is 2.82. The fraction of sp³-hybridized carbons (Fsp3) is 0.467. The number of nitrogens with zero attached hydrogens (tertiary/aromatic N) is 3. The van der Waals surface area contributed by atoms with E-state index in [2.05, 4.69) is 16.8 Å². The lowest BCUT2D eigenvalue weighted by Gasteiger charge is -2.22. The molecule has 0 aromatic carbocycles. The van der Waals surface area contributed by atoms with Gasteiger partial charge >= 0.3 is 0 Å². The molecule has 21 heavy (non-hydrogen) atoms. The van der Waals surface area contributed by atoms with E-state index in [1.165, 1.54) is 4.40 Å². The molecule has 5 nitrogen and oxygen atoms in total. The number of nitrogens with two attached hydrogens (primary N) is 1. The number of fused-ring (bicyclic) bond motifs is 1. The summed E-state index contributed by atoms with van der Waals surface area (Å²) in [6.45, 7) is 5.53. The normalized spacial score (nSPS) is 23.0. The molecule has 1 aliphatic heterocycles. The van der Waals surface area contributed by atoms with E-state index in [-0.39, 0.29) is 11.0 Å². The van der Waals surface area contributed by atoms with Crippen LogP contribution in [0.4, 0.5) is 0 Å². The maximum atomic E-state index is 12.1. The number of pyridine rings is 1. The summed E-state index contributed by atoms with van der Waals surface area (Å²) in [5, 5.41) is 0.525. The van der Waals surface area contributed by atoms with Gasteiger partial charge in [-0.15, -0.1) is 0 Å². The van der Waals surface area contributed by atoms with Crippen LogP contribution in [0.15, 0.2) is 29.2 Å². The molecule has 0 spiro atoms. The number of hydrogen-bond donors (Lipinski definition) is 1. The van der Waals surface area contributed by atoms with Crippen molar-refractivity contribution < 1.29 is 0 Å². The van der Waals surface area contributed by atoms with Crippen LogP contribution in [0.3, 0.4) is 0 Å². The zero-order valence-electron chi connectivity index (χ0n) is 12.1. The Balaban J connectivity index is 1.86. The van der Waals surface area contributed by atoms with E-state index in [0.29, 0.717) is 23.8 Å². The topological polar surface area (TPSA) is 63.6 Å². The van der Waals surface area contributed by atoms with Gasteiger partial charge in [-0.2, -0.15) is 0 Å². The number of halogens is 1. The van der Waals surface area contributed by atoms with Crippen molar-refractivity contribution in [2.24, 2.45) is 11.1 Å². The third-order valence-corrected chi connectivity index (χ3v) is 4.42. The summed E-state index contributed by atoms with van der Waals surface area (Å²) in [5.41, 5.74) is 7.33. The van der Waals surface area contributed by atoms with Crippen LogP contribution in [0.1, 0.15) is 19.0 Å². The van der Waals surface area contributed by atoms with Crippen molar-refractivity contribution in [2.45, 2.75) is 19.9 Å². The molecule has 3 heterocycles. The van der Waals surface area contributed by atoms with Gasteiger partial charge in [0.15, 0.2) is 0 Å². The molecule has 2 N–H and O–H groups in total. The van der Waals surface area contributed by atoms with Gasteiger partial charge in [-0.05, 0) is 37.1 Å². The molecule has 0 amide bonds. The lowest BCUT2D eigenvalue weighted by molar-refractivity contribution is 0.272. The van der Waals surface area contributed by atoms with Crippen molar-refractivity contribution in [2.75, 3.05) is 19.6 Å². The Labute approximate surface area is 128 Å². The summed E-state index contributed by atoms with van der Waals surface area (Å²) in [6, 6.07) is 5.09. The molecule has 2 aromatic heterocycles. The Morgan fingerprint density at radius 2 is 2.29 bits per heavy atom. The number of hydrogen-bond acceptors (Lipinski definition) is 4. The Hall–Kier alpha value is -1.43. The third kappa shape index (κ3) is 2.95. The predicted octanol–water partition coefficient (Wildman–Crippen LogP) is 1.52. The maximum Gasteiger partial charge on any atom is 0.258 e. The highest BCUT2D eigenvalue weighted by atomic mass is 35.5. The van der Waals surface area contributed by atoms with Gasteiger partial charge in [0.2, 0.25) is 0 Å². The van der Waals surface area contributed by atoms with Crippen LogP contribution in [0.25, 0.3) is 5.65 Å². The first-order valence-electron chi connectivity index (χ1n) is 7.09. The van der Waals surface area contributed by atoms with E-state index in [1.54, 1.807) is 24.4 Å². The summed E-state index contributed by atoms with van der Waals surface area (Å²) in [6.07, 6.45) is 2.68. The molecule has 1 aliphatic rings. The SMILES string of the molecule is CC1(CN)CCN(Cc2cc(=O)n3cc(Cl)ccc3n2)C1. The van der Waals surface area contributed by atoms with E-state index < -0.39 is 0 Å². The van der Waals surface area contributed by atoms with Crippen molar-refractivity contribution in [3.05, 3.63) is 45.5 Å². The minimum atomic E-state index is -0.0988. The van der Waals surface area contributed by atoms with Gasteiger partial charge in [0.1, 0.15) is 5.65 Å². The summed E-state index contributed by atoms with van der Waals surface area (Å²) >= 11 is 5.91. The highest BCUT2D eigenvalue weighted by Crippen LogP contribution is 2.29. The molecule has 0 radical (unpaired) electrons. The van der Waals surface area contributed by atoms with Crippen LogP contribution in [0.5, 0.6) is 0 Å². The number of likely N-dealkylation sites (tertiary alicyclic amines) is 1. The molecule has 112 valence electrons. The maximum absolute atomic E-state index is 12.1. The quantitative estimate of drug-likeness (QED) is 0.934. The smallest absolute Gasteiger partial charge is 0.258 e. The highest BCUT2D eigenvalue weighted by molar-refractivity contribution is 6.30. The molecule has 0 bridgehead atoms. The van der Waals surface area contributed by atoms with Gasteiger partial charge in [0.05, 0.1) is 10.7 Å². The van der Waals surface area contributed by atoms with Crippen LogP contribution in [-0.4, -0.2) is 33.9 Å². The van der Waals surface area contributed by atoms with Gasteiger partial charge in [-0.1, -0.05) is 18.5 Å². The first kappa shape index (κ1) is 14.5. The zero-order valence-corrected chi connectivity index (χ0v) is 12.8. The summed E-state index contributed by atoms with van der Waals surface area (Å²) in [4.78, 5) is 19.0. The molecular formula is C15H19ClN4O. The van der Waals surface area contributed by atoms with Crippen molar-refractivity contribution in [3.8, 4) is 0 Å². The molecule has 1 atom stereocenters. The predicted molar refractivity (Wildman–Crippen MR) is 83.5 cm³/mol. The lowest BCUT2D eigenvalue weighted by Crippen LogP contribution is -2.31. The van der Waals surface area contributed by atoms with Gasteiger partial charge in [0, 0.05) is 25.4 Å². The van der Waals surface area contributed by atoms with Crippen LogP contribution >= 0.6 is 11.6 Å². The molecule has 1 unspecified atom stereocenters. The van der Waals surface area contributed by atoms with E-state index in [4.69, 9.17) is 17.3 Å². The van der Waals surface area contributed by atoms with Crippen molar-refractivity contribution in [1.82, 2.24) is 14.3 Å². The van der Waals surface area contributed by atoms with Crippen molar-refractivity contribution >= 4 is 17.2 Å². The molecule has 0 aliphatic carbocycles. The third-order valence-electron chi connectivity index (χ3n) is 4.19. The van der Waals surface area contributed by atoms with Crippen LogP contribution in [-0.2, 0) is 6.54 Å². The summed E-state index contributed by atoms with van der Waals surface area (Å²) in [5.74, 6) is 0. The molecule has 1 fully saturated rings. The van der Waals surface area contributed by atoms with Gasteiger partial charge in [0.25, 0.3) is 5.56 Å². The van der Waals surface area contributed by atoms with Gasteiger partial charge < -0.3 is 5.73 Å². The Kier molecular flexibility index (Phi) is 3.73. The molecule has 2 aromatic rings. The van der Waals surface area contributed by atoms with E-state index >= 15 is 0 Å². The summed E-state index contributed by atoms with van der Waals surface area (Å²) in [7, 11) is 0. The average molecular weight is 307 g/mol. The molecule has 0 saturated carbocycles. The van der Waals surface area contributed by atoms with Gasteiger partial charge in [-0.3, -0.25) is 14.1 Å². The molecular weight excluding hydrogens is 288 g/mol. The van der Waals surface area contributed by atoms with Crippen LogP contribution in [0.2, 0.25) is 5.02 Å². The Morgan fingerprint density at radius 3 is 3.00 bits per heavy atom. The number of rotatable bonds is 3. The summed E-state index contributed by atoms with van der Waals surface area (Å²) < 4.78 is 1.47. The second-order valence-corrected chi connectivity index (χ2v) is 6.57. The lowest BCUT2D eigenvalue weighted by atomic mass is 9.90. The fourth-order valence-electron chi connectivity index (χ4n) is 2.86. The molecule has 6 heteroatoms. The van der Waals surface area contributed by atoms with E-state index in [1.807, 2.05) is 0 Å². The first-order chi connectivity index (χ1) is 9.99. The molecule has 3 rings (SSSR count). The second-order valence-electron chi connectivity index (χ2n) is 6.14. The van der Waals surface area contributed by atoms with Crippen molar-refractivity contribution in [1.29, 1.82) is 0 Å². The number of aromatic nitrogens is 2. The fourth-order valence-corrected chi connectivity index (χ4v) is 3.02. The second kappa shape index (κ2) is 5.40. The van der Waals surface area contributed by atoms with Crippen LogP contribution < -0.4 is 11.3 Å². The minimum absolute atomic E-state index is 0.0988. The highest BCUT2D eigenvalue weighted by Gasteiger charge is 2.32. The Morgan fingerprint density at radius 1 is 1.48 bits per heavy atom. The largest absolute Gasteiger partial charge is 0.330 e. The monoisotopic (exact) mass is 306 g/mol. The van der Waals surface area contributed by atoms with E-state index in [9.17, 15) is 4.79 Å². The zero-order chi connectivity index (χ0) is 15.0. The Bertz CT molecular complexity index is 729. The van der Waals surface area contributed by atoms with Gasteiger partial charge in [-0.25, -0.2) is 4.98 Å². The van der Waals surface area contributed by atoms with Crippen LogP contribution in [0, 0.1) is 5.41 Å². The molecule has 1 saturated heterocycles. The minimum Gasteiger partial charge on any atom is -0.330 e. The first-order valence-corrected chi connectivity index (χ1v) is 7.47. The standard InChI is InChI=1S/C15H19ClN4O/c1-15(9-17)4-5-19(10-15)8-12-6-14(21)20-7-11(16)2-3-13(20)18-12/h2-3,6-7H,4-5,8-10,17H2,1H3. The van der Waals surface area contributed by atoms with Crippen molar-refractivity contribution in [3.63, 3.8) is 0 Å². The van der Waals surface area contributed by atoms with E-state index in [0.717, 1.165) is 25.2 Å².